The largest absolute Gasteiger partial charge is 0.504 e. The lowest BCUT2D eigenvalue weighted by atomic mass is 10.2. The molecule has 0 unspecified atom stereocenters. The van der Waals surface area contributed by atoms with Crippen LogP contribution >= 0.6 is 0 Å². The van der Waals surface area contributed by atoms with Crippen LogP contribution < -0.4 is 0 Å². The van der Waals surface area contributed by atoms with E-state index in [9.17, 15) is 0 Å². The molecule has 0 radical (unpaired) electrons. The van der Waals surface area contributed by atoms with E-state index in [1.54, 1.807) is 13.4 Å². The highest BCUT2D eigenvalue weighted by molar-refractivity contribution is 5.21. The summed E-state index contributed by atoms with van der Waals surface area (Å²) in [4.78, 5) is 0. The predicted molar refractivity (Wildman–Crippen MR) is 58.4 cm³/mol. The number of rotatable bonds is 5. The second kappa shape index (κ2) is 8.00. The lowest BCUT2D eigenvalue weighted by Crippen LogP contribution is -1.87. The quantitative estimate of drug-likeness (QED) is 0.379. The summed E-state index contributed by atoms with van der Waals surface area (Å²) in [5, 5.41) is 0. The summed E-state index contributed by atoms with van der Waals surface area (Å²) in [6, 6.07) is 0. The average Bonchev–Trinajstić information content (AvgIpc) is 2.20. The first-order chi connectivity index (χ1) is 6.70. The Hall–Kier alpha value is -1.62. The van der Waals surface area contributed by atoms with Crippen molar-refractivity contribution in [2.75, 3.05) is 13.7 Å². The molecule has 0 aromatic rings. The monoisotopic (exact) mass is 192 g/mol. The zero-order valence-corrected chi connectivity index (χ0v) is 8.91. The van der Waals surface area contributed by atoms with Gasteiger partial charge in [0.05, 0.1) is 19.1 Å². The van der Waals surface area contributed by atoms with E-state index < -0.39 is 0 Å². The lowest BCUT2D eigenvalue weighted by Gasteiger charge is -1.99. The van der Waals surface area contributed by atoms with E-state index in [1.807, 2.05) is 32.1 Å². The Labute approximate surface area is 85.9 Å². The van der Waals surface area contributed by atoms with Crippen molar-refractivity contribution in [2.24, 2.45) is 0 Å². The first-order valence-electron chi connectivity index (χ1n) is 4.31. The van der Waals surface area contributed by atoms with Gasteiger partial charge in [-0.2, -0.15) is 0 Å². The molecule has 14 heavy (non-hydrogen) atoms. The Morgan fingerprint density at radius 1 is 1.36 bits per heavy atom. The maximum Gasteiger partial charge on any atom is 0.148 e. The zero-order valence-electron chi connectivity index (χ0n) is 8.91. The smallest absolute Gasteiger partial charge is 0.148 e. The fourth-order valence-corrected chi connectivity index (χ4v) is 0.683. The minimum atomic E-state index is 0.309. The van der Waals surface area contributed by atoms with Gasteiger partial charge in [-0.3, -0.25) is 0 Å². The standard InChI is InChI=1S/C12H16O2/c1-5-9-14-12(3)7-6-11(2)8-10-13-4/h1,6-8,10H,9H2,2-4H3/b10-8+,11-6-,12-7+. The van der Waals surface area contributed by atoms with Crippen LogP contribution in [0.4, 0.5) is 0 Å². The van der Waals surface area contributed by atoms with Crippen molar-refractivity contribution in [3.63, 3.8) is 0 Å². The van der Waals surface area contributed by atoms with Gasteiger partial charge in [0.1, 0.15) is 6.61 Å². The van der Waals surface area contributed by atoms with Gasteiger partial charge < -0.3 is 9.47 Å². The number of ether oxygens (including phenoxy) is 2. The van der Waals surface area contributed by atoms with Crippen LogP contribution in [0.25, 0.3) is 0 Å². The van der Waals surface area contributed by atoms with Gasteiger partial charge in [0.2, 0.25) is 0 Å². The first kappa shape index (κ1) is 12.4. The molecule has 0 heterocycles. The van der Waals surface area contributed by atoms with E-state index in [-0.39, 0.29) is 0 Å². The summed E-state index contributed by atoms with van der Waals surface area (Å²) in [7, 11) is 1.61. The van der Waals surface area contributed by atoms with Crippen LogP contribution in [0.1, 0.15) is 13.8 Å². The van der Waals surface area contributed by atoms with Gasteiger partial charge in [-0.15, -0.1) is 6.42 Å². The molecule has 0 amide bonds. The van der Waals surface area contributed by atoms with Gasteiger partial charge in [-0.1, -0.05) is 12.0 Å². The Morgan fingerprint density at radius 3 is 2.64 bits per heavy atom. The molecule has 0 aromatic carbocycles. The summed E-state index contributed by atoms with van der Waals surface area (Å²) in [5.41, 5.74) is 1.08. The molecular formula is C12H16O2. The van der Waals surface area contributed by atoms with Crippen molar-refractivity contribution in [2.45, 2.75) is 13.8 Å². The van der Waals surface area contributed by atoms with E-state index in [4.69, 9.17) is 15.9 Å². The normalized spacial score (nSPS) is 12.7. The summed E-state index contributed by atoms with van der Waals surface area (Å²) in [5.74, 6) is 3.20. The van der Waals surface area contributed by atoms with E-state index in [1.165, 1.54) is 0 Å². The van der Waals surface area contributed by atoms with E-state index >= 15 is 0 Å². The van der Waals surface area contributed by atoms with Crippen molar-refractivity contribution < 1.29 is 9.47 Å². The topological polar surface area (TPSA) is 18.5 Å². The minimum absolute atomic E-state index is 0.309. The van der Waals surface area contributed by atoms with Gasteiger partial charge >= 0.3 is 0 Å². The van der Waals surface area contributed by atoms with Crippen LogP contribution in [0.15, 0.2) is 35.8 Å². The highest BCUT2D eigenvalue weighted by Gasteiger charge is 1.85. The van der Waals surface area contributed by atoms with Crippen molar-refractivity contribution in [3.8, 4) is 12.3 Å². The minimum Gasteiger partial charge on any atom is -0.504 e. The zero-order chi connectivity index (χ0) is 10.8. The molecule has 0 aliphatic rings. The number of allylic oxidation sites excluding steroid dienone is 5. The highest BCUT2D eigenvalue weighted by Crippen LogP contribution is 2.00. The molecule has 0 bridgehead atoms. The summed E-state index contributed by atoms with van der Waals surface area (Å²) < 4.78 is 9.96. The molecular weight excluding hydrogens is 176 g/mol. The molecule has 0 N–H and O–H groups in total. The SMILES string of the molecule is C#CCO/C(C)=C/C=C(C)\C=C\OC. The Balaban J connectivity index is 4.10. The molecule has 0 aliphatic carbocycles. The van der Waals surface area contributed by atoms with Gasteiger partial charge in [0, 0.05) is 0 Å². The average molecular weight is 192 g/mol. The first-order valence-corrected chi connectivity index (χ1v) is 4.31. The Bertz CT molecular complexity index is 277. The Kier molecular flexibility index (Phi) is 7.07. The molecule has 2 heteroatoms. The molecule has 2 nitrogen and oxygen atoms in total. The highest BCUT2D eigenvalue weighted by atomic mass is 16.5. The van der Waals surface area contributed by atoms with E-state index in [0.717, 1.165) is 11.3 Å². The third-order valence-electron chi connectivity index (χ3n) is 1.43. The van der Waals surface area contributed by atoms with Crippen LogP contribution in [0.3, 0.4) is 0 Å². The van der Waals surface area contributed by atoms with Gasteiger partial charge in [0.15, 0.2) is 0 Å². The summed E-state index contributed by atoms with van der Waals surface area (Å²) >= 11 is 0. The summed E-state index contributed by atoms with van der Waals surface area (Å²) in [6.07, 6.45) is 12.3. The predicted octanol–water partition coefficient (Wildman–Crippen LogP) is 2.65. The molecule has 0 saturated heterocycles. The van der Waals surface area contributed by atoms with Crippen molar-refractivity contribution in [3.05, 3.63) is 35.8 Å². The molecule has 0 aliphatic heterocycles. The molecule has 0 aromatic heterocycles. The fourth-order valence-electron chi connectivity index (χ4n) is 0.683. The second-order valence-electron chi connectivity index (χ2n) is 2.72. The Morgan fingerprint density at radius 2 is 2.07 bits per heavy atom. The van der Waals surface area contributed by atoms with Crippen LogP contribution in [0.2, 0.25) is 0 Å². The number of hydrogen-bond acceptors (Lipinski definition) is 2. The third kappa shape index (κ3) is 7.05. The van der Waals surface area contributed by atoms with Crippen LogP contribution in [0.5, 0.6) is 0 Å². The molecule has 0 rings (SSSR count). The third-order valence-corrected chi connectivity index (χ3v) is 1.43. The van der Waals surface area contributed by atoms with Crippen LogP contribution in [0, 0.1) is 12.3 Å². The van der Waals surface area contributed by atoms with E-state index in [0.29, 0.717) is 6.61 Å². The van der Waals surface area contributed by atoms with Crippen molar-refractivity contribution >= 4 is 0 Å². The van der Waals surface area contributed by atoms with Gasteiger partial charge in [-0.25, -0.2) is 0 Å². The number of terminal acetylenes is 1. The second-order valence-corrected chi connectivity index (χ2v) is 2.72. The number of hydrogen-bond donors (Lipinski definition) is 0. The van der Waals surface area contributed by atoms with Gasteiger partial charge in [-0.05, 0) is 31.6 Å². The van der Waals surface area contributed by atoms with Crippen LogP contribution in [-0.2, 0) is 9.47 Å². The number of methoxy groups -OCH3 is 1. The lowest BCUT2D eigenvalue weighted by molar-refractivity contribution is 0.256. The van der Waals surface area contributed by atoms with Gasteiger partial charge in [0.25, 0.3) is 0 Å². The molecule has 0 fully saturated rings. The van der Waals surface area contributed by atoms with E-state index in [2.05, 4.69) is 5.92 Å². The van der Waals surface area contributed by atoms with Crippen molar-refractivity contribution in [1.29, 1.82) is 0 Å². The molecule has 0 spiro atoms. The molecule has 0 saturated carbocycles. The van der Waals surface area contributed by atoms with Crippen LogP contribution in [-0.4, -0.2) is 13.7 Å². The maximum atomic E-state index is 5.17. The molecule has 0 atom stereocenters. The maximum absolute atomic E-state index is 5.17. The molecule has 76 valence electrons. The van der Waals surface area contributed by atoms with Crippen molar-refractivity contribution in [1.82, 2.24) is 0 Å². The summed E-state index contributed by atoms with van der Waals surface area (Å²) in [6.45, 7) is 4.14. The fraction of sp³-hybridized carbons (Fsp3) is 0.333.